The van der Waals surface area contributed by atoms with E-state index in [1.165, 1.54) is 16.7 Å². The first-order chi connectivity index (χ1) is 12.2. The standard InChI is InChI=1S/C23H36O2Si/c1-14(2)26(15(3)4,16(5)6)25-13-18-12-20-17(7)11-21-22(24)10-8-9-19(18)23(20)21/h9,12,14-16,20-21,23H,7-8,10-11,13H2,1-6H3/t20-,21+,23-/m0/s1. The van der Waals surface area contributed by atoms with Gasteiger partial charge in [0.25, 0.3) is 0 Å². The quantitative estimate of drug-likeness (QED) is 0.409. The topological polar surface area (TPSA) is 26.3 Å². The Kier molecular flexibility index (Phi) is 5.52. The Morgan fingerprint density at radius 3 is 2.35 bits per heavy atom. The van der Waals surface area contributed by atoms with Gasteiger partial charge in [0.1, 0.15) is 5.78 Å². The van der Waals surface area contributed by atoms with Crippen LogP contribution in [0, 0.1) is 17.8 Å². The van der Waals surface area contributed by atoms with Gasteiger partial charge >= 0.3 is 0 Å². The van der Waals surface area contributed by atoms with Crippen molar-refractivity contribution in [3.63, 3.8) is 0 Å². The number of carbonyl (C=O) groups excluding carboxylic acids is 1. The summed E-state index contributed by atoms with van der Waals surface area (Å²) in [7, 11) is -1.87. The third-order valence-corrected chi connectivity index (χ3v) is 13.3. The van der Waals surface area contributed by atoms with Gasteiger partial charge in [0.2, 0.25) is 8.32 Å². The Bertz CT molecular complexity index is 631. The minimum atomic E-state index is -1.87. The Morgan fingerprint density at radius 2 is 1.77 bits per heavy atom. The van der Waals surface area contributed by atoms with E-state index in [1.54, 1.807) is 0 Å². The zero-order chi connectivity index (χ0) is 19.2. The van der Waals surface area contributed by atoms with E-state index in [0.29, 0.717) is 47.3 Å². The largest absolute Gasteiger partial charge is 0.412 e. The van der Waals surface area contributed by atoms with Gasteiger partial charge in [0.05, 0.1) is 6.61 Å². The van der Waals surface area contributed by atoms with E-state index < -0.39 is 8.32 Å². The maximum atomic E-state index is 12.5. The van der Waals surface area contributed by atoms with Crippen LogP contribution >= 0.6 is 0 Å². The van der Waals surface area contributed by atoms with Crippen molar-refractivity contribution in [2.75, 3.05) is 6.61 Å². The van der Waals surface area contributed by atoms with Crippen molar-refractivity contribution in [2.24, 2.45) is 17.8 Å². The summed E-state index contributed by atoms with van der Waals surface area (Å²) in [6.45, 7) is 19.0. The maximum Gasteiger partial charge on any atom is 0.200 e. The Hall–Kier alpha value is -0.933. The molecule has 0 spiro atoms. The van der Waals surface area contributed by atoms with Crippen molar-refractivity contribution in [1.29, 1.82) is 0 Å². The SMILES string of the molecule is C=C1C[C@@H]2C(=O)CCC=C3C(CO[Si](C(C)C)(C(C)C)C(C)C)=C[C@@H]1[C@H]32. The van der Waals surface area contributed by atoms with Crippen molar-refractivity contribution >= 4 is 14.1 Å². The van der Waals surface area contributed by atoms with Gasteiger partial charge in [0, 0.05) is 24.2 Å². The van der Waals surface area contributed by atoms with Crippen molar-refractivity contribution < 1.29 is 9.22 Å². The number of carbonyl (C=O) groups is 1. The lowest BCUT2D eigenvalue weighted by Crippen LogP contribution is -2.48. The monoisotopic (exact) mass is 372 g/mol. The fraction of sp³-hybridized carbons (Fsp3) is 0.696. The lowest BCUT2D eigenvalue weighted by atomic mass is 9.85. The van der Waals surface area contributed by atoms with Crippen molar-refractivity contribution in [3.05, 3.63) is 35.5 Å². The summed E-state index contributed by atoms with van der Waals surface area (Å²) < 4.78 is 6.87. The Balaban J connectivity index is 1.86. The molecule has 3 rings (SSSR count). The lowest BCUT2D eigenvalue weighted by molar-refractivity contribution is -0.123. The number of hydrogen-bond acceptors (Lipinski definition) is 2. The van der Waals surface area contributed by atoms with Gasteiger partial charge in [-0.3, -0.25) is 4.79 Å². The summed E-state index contributed by atoms with van der Waals surface area (Å²) in [5.74, 6) is 1.32. The van der Waals surface area contributed by atoms with Crippen molar-refractivity contribution in [3.8, 4) is 0 Å². The molecule has 26 heavy (non-hydrogen) atoms. The second-order valence-electron chi connectivity index (χ2n) is 9.48. The molecular weight excluding hydrogens is 336 g/mol. The number of rotatable bonds is 6. The third kappa shape index (κ3) is 3.01. The van der Waals surface area contributed by atoms with Crippen LogP contribution in [0.2, 0.25) is 16.6 Å². The molecule has 1 fully saturated rings. The third-order valence-electron chi connectivity index (χ3n) is 7.24. The second-order valence-corrected chi connectivity index (χ2v) is 14.9. The molecule has 0 aromatic rings. The number of ketones is 1. The van der Waals surface area contributed by atoms with Crippen molar-refractivity contribution in [2.45, 2.75) is 77.4 Å². The minimum Gasteiger partial charge on any atom is -0.412 e. The molecule has 0 heterocycles. The summed E-state index contributed by atoms with van der Waals surface area (Å²) in [5, 5.41) is 0. The van der Waals surface area contributed by atoms with Crippen LogP contribution in [0.1, 0.15) is 60.8 Å². The van der Waals surface area contributed by atoms with Gasteiger partial charge in [-0.2, -0.15) is 0 Å². The van der Waals surface area contributed by atoms with Gasteiger partial charge in [0.15, 0.2) is 0 Å². The molecule has 3 aliphatic carbocycles. The molecule has 0 aromatic carbocycles. The Labute approximate surface area is 160 Å². The van der Waals surface area contributed by atoms with E-state index in [2.05, 4.69) is 60.3 Å². The van der Waals surface area contributed by atoms with Crippen LogP contribution in [0.4, 0.5) is 0 Å². The maximum absolute atomic E-state index is 12.5. The van der Waals surface area contributed by atoms with E-state index >= 15 is 0 Å². The molecule has 1 saturated carbocycles. The van der Waals surface area contributed by atoms with Crippen LogP contribution < -0.4 is 0 Å². The first kappa shape index (κ1) is 19.8. The highest BCUT2D eigenvalue weighted by Gasteiger charge is 2.49. The van der Waals surface area contributed by atoms with Crippen LogP contribution in [-0.2, 0) is 9.22 Å². The zero-order valence-corrected chi connectivity index (χ0v) is 18.5. The molecule has 2 nitrogen and oxygen atoms in total. The normalized spacial score (nSPS) is 28.7. The molecule has 3 aliphatic rings. The average Bonchev–Trinajstić information content (AvgIpc) is 2.99. The van der Waals surface area contributed by atoms with Gasteiger partial charge in [-0.1, -0.05) is 65.8 Å². The van der Waals surface area contributed by atoms with Crippen LogP contribution in [0.15, 0.2) is 35.5 Å². The van der Waals surface area contributed by atoms with E-state index in [1.807, 2.05) is 0 Å². The zero-order valence-electron chi connectivity index (χ0n) is 17.5. The fourth-order valence-corrected chi connectivity index (χ4v) is 11.6. The van der Waals surface area contributed by atoms with E-state index in [9.17, 15) is 4.79 Å². The molecule has 0 amide bonds. The molecule has 3 heteroatoms. The van der Waals surface area contributed by atoms with E-state index in [4.69, 9.17) is 4.43 Å². The lowest BCUT2D eigenvalue weighted by Gasteiger charge is -2.42. The molecule has 0 radical (unpaired) electrons. The average molecular weight is 373 g/mol. The highest BCUT2D eigenvalue weighted by atomic mass is 28.4. The fourth-order valence-electron chi connectivity index (χ4n) is 6.18. The summed E-state index contributed by atoms with van der Waals surface area (Å²) in [6, 6.07) is 0. The molecule has 3 atom stereocenters. The summed E-state index contributed by atoms with van der Waals surface area (Å²) in [4.78, 5) is 12.5. The van der Waals surface area contributed by atoms with E-state index in [-0.39, 0.29) is 5.92 Å². The van der Waals surface area contributed by atoms with Crippen molar-refractivity contribution in [1.82, 2.24) is 0 Å². The first-order valence-electron chi connectivity index (χ1n) is 10.5. The molecular formula is C23H36O2Si. The van der Waals surface area contributed by atoms with E-state index in [0.717, 1.165) is 12.8 Å². The van der Waals surface area contributed by atoms with Crippen LogP contribution in [0.3, 0.4) is 0 Å². The predicted molar refractivity (Wildman–Crippen MR) is 112 cm³/mol. The molecule has 144 valence electrons. The summed E-state index contributed by atoms with van der Waals surface area (Å²) in [6.07, 6.45) is 7.19. The predicted octanol–water partition coefficient (Wildman–Crippen LogP) is 6.22. The van der Waals surface area contributed by atoms with Gasteiger partial charge in [-0.15, -0.1) is 0 Å². The summed E-state index contributed by atoms with van der Waals surface area (Å²) in [5.41, 5.74) is 5.78. The molecule has 0 saturated heterocycles. The first-order valence-corrected chi connectivity index (χ1v) is 12.6. The number of hydrogen-bond donors (Lipinski definition) is 0. The molecule has 0 aromatic heterocycles. The second kappa shape index (κ2) is 7.24. The molecule has 0 aliphatic heterocycles. The minimum absolute atomic E-state index is 0.164. The molecule has 0 bridgehead atoms. The van der Waals surface area contributed by atoms with Crippen LogP contribution in [0.25, 0.3) is 0 Å². The smallest absolute Gasteiger partial charge is 0.200 e. The molecule has 0 unspecified atom stereocenters. The Morgan fingerprint density at radius 1 is 1.15 bits per heavy atom. The summed E-state index contributed by atoms with van der Waals surface area (Å²) >= 11 is 0. The highest BCUT2D eigenvalue weighted by molar-refractivity contribution is 6.77. The van der Waals surface area contributed by atoms with Gasteiger partial charge in [-0.25, -0.2) is 0 Å². The molecule has 0 N–H and O–H groups in total. The highest BCUT2D eigenvalue weighted by Crippen LogP contribution is 2.54. The van der Waals surface area contributed by atoms with Crippen LogP contribution in [0.5, 0.6) is 0 Å². The van der Waals surface area contributed by atoms with Crippen LogP contribution in [-0.4, -0.2) is 20.7 Å². The van der Waals surface area contributed by atoms with Gasteiger partial charge < -0.3 is 4.43 Å². The van der Waals surface area contributed by atoms with Gasteiger partial charge in [-0.05, 0) is 40.6 Å². The number of allylic oxidation sites excluding steroid dienone is 3. The number of Topliss-reactive ketones (excluding diaryl/α,β-unsaturated/α-hetero) is 1.